The van der Waals surface area contributed by atoms with Gasteiger partial charge in [-0.3, -0.25) is 0 Å². The van der Waals surface area contributed by atoms with Crippen molar-refractivity contribution in [3.05, 3.63) is 222 Å². The standard InChI is InChI=1S/C52H33N3S/c1-4-17-34(18-5-1)37-31-38(35-19-6-2-7-20-35)33-39(32-37)50-53-49(36-21-8-3-9-22-36)54-51(55-50)42-25-16-29-46-48(42)56-47-30-15-14-28-45(47)52(46)43-26-12-10-23-40(43)41-24-11-13-27-44(41)52/h1-33H. The SMILES string of the molecule is c1ccc(-c2cc(-c3ccccc3)cc(-c3nc(-c4ccccc4)nc(-c4cccc5c4Sc4ccccc4C54c5ccccc5-c5ccccc54)n3)c2)cc1. The first-order valence-electron chi connectivity index (χ1n) is 18.9. The van der Waals surface area contributed by atoms with Gasteiger partial charge in [0.2, 0.25) is 0 Å². The number of hydrogen-bond donors (Lipinski definition) is 0. The Hall–Kier alpha value is -6.88. The molecule has 56 heavy (non-hydrogen) atoms. The molecule has 0 amide bonds. The zero-order valence-corrected chi connectivity index (χ0v) is 31.1. The quantitative estimate of drug-likeness (QED) is 0.177. The van der Waals surface area contributed by atoms with Crippen molar-refractivity contribution in [3.8, 4) is 67.5 Å². The first kappa shape index (κ1) is 32.5. The molecular formula is C52H33N3S. The molecule has 1 aliphatic heterocycles. The van der Waals surface area contributed by atoms with Crippen molar-refractivity contribution in [2.24, 2.45) is 0 Å². The van der Waals surface area contributed by atoms with Crippen LogP contribution >= 0.6 is 11.8 Å². The Morgan fingerprint density at radius 1 is 0.304 bits per heavy atom. The van der Waals surface area contributed by atoms with Crippen LogP contribution in [0, 0.1) is 0 Å². The highest BCUT2D eigenvalue weighted by atomic mass is 32.2. The summed E-state index contributed by atoms with van der Waals surface area (Å²) in [6.45, 7) is 0. The smallest absolute Gasteiger partial charge is 0.165 e. The van der Waals surface area contributed by atoms with Gasteiger partial charge in [-0.1, -0.05) is 188 Å². The Balaban J connectivity index is 1.17. The fourth-order valence-electron chi connectivity index (χ4n) is 8.75. The van der Waals surface area contributed by atoms with E-state index in [0.29, 0.717) is 17.5 Å². The van der Waals surface area contributed by atoms with Crippen LogP contribution in [0.1, 0.15) is 22.3 Å². The van der Waals surface area contributed by atoms with Gasteiger partial charge in [-0.05, 0) is 79.9 Å². The van der Waals surface area contributed by atoms with Gasteiger partial charge in [-0.15, -0.1) is 0 Å². The highest BCUT2D eigenvalue weighted by molar-refractivity contribution is 7.99. The third-order valence-corrected chi connectivity index (χ3v) is 12.4. The number of hydrogen-bond acceptors (Lipinski definition) is 4. The topological polar surface area (TPSA) is 38.7 Å². The molecule has 8 aromatic carbocycles. The minimum Gasteiger partial charge on any atom is -0.208 e. The van der Waals surface area contributed by atoms with E-state index in [1.807, 2.05) is 30.0 Å². The fraction of sp³-hybridized carbons (Fsp3) is 0.0192. The second-order valence-corrected chi connectivity index (χ2v) is 15.4. The third-order valence-electron chi connectivity index (χ3n) is 11.2. The van der Waals surface area contributed by atoms with Gasteiger partial charge in [0.05, 0.1) is 5.41 Å². The predicted octanol–water partition coefficient (Wildman–Crippen LogP) is 13.0. The lowest BCUT2D eigenvalue weighted by Crippen LogP contribution is -2.32. The Morgan fingerprint density at radius 2 is 0.732 bits per heavy atom. The van der Waals surface area contributed by atoms with Gasteiger partial charge in [0.15, 0.2) is 17.5 Å². The maximum Gasteiger partial charge on any atom is 0.165 e. The summed E-state index contributed by atoms with van der Waals surface area (Å²) in [4.78, 5) is 18.3. The number of aromatic nitrogens is 3. The van der Waals surface area contributed by atoms with E-state index in [0.717, 1.165) is 43.8 Å². The van der Waals surface area contributed by atoms with Crippen LogP contribution in [-0.4, -0.2) is 15.0 Å². The van der Waals surface area contributed by atoms with E-state index in [1.54, 1.807) is 0 Å². The maximum absolute atomic E-state index is 5.40. The maximum atomic E-state index is 5.40. The summed E-state index contributed by atoms with van der Waals surface area (Å²) in [5, 5.41) is 0. The van der Waals surface area contributed by atoms with Gasteiger partial charge in [0.1, 0.15) is 0 Å². The minimum absolute atomic E-state index is 0.493. The molecule has 0 unspecified atom stereocenters. The molecule has 1 aromatic heterocycles. The molecule has 1 spiro atoms. The summed E-state index contributed by atoms with van der Waals surface area (Å²) < 4.78 is 0. The molecule has 3 nitrogen and oxygen atoms in total. The van der Waals surface area contributed by atoms with Crippen molar-refractivity contribution >= 4 is 11.8 Å². The van der Waals surface area contributed by atoms with E-state index < -0.39 is 5.41 Å². The van der Waals surface area contributed by atoms with Gasteiger partial charge in [-0.25, -0.2) is 15.0 Å². The lowest BCUT2D eigenvalue weighted by molar-refractivity contribution is 0.722. The molecule has 0 N–H and O–H groups in total. The number of nitrogens with zero attached hydrogens (tertiary/aromatic N) is 3. The van der Waals surface area contributed by atoms with Crippen molar-refractivity contribution in [2.45, 2.75) is 15.2 Å². The number of fused-ring (bicyclic) bond motifs is 9. The molecule has 2 aliphatic rings. The van der Waals surface area contributed by atoms with Gasteiger partial charge in [0, 0.05) is 26.5 Å². The first-order valence-corrected chi connectivity index (χ1v) is 19.8. The Labute approximate surface area is 330 Å². The summed E-state index contributed by atoms with van der Waals surface area (Å²) in [7, 11) is 0. The van der Waals surface area contributed by atoms with Crippen LogP contribution < -0.4 is 0 Å². The third kappa shape index (κ3) is 5.10. The van der Waals surface area contributed by atoms with E-state index in [-0.39, 0.29) is 0 Å². The zero-order valence-electron chi connectivity index (χ0n) is 30.3. The summed E-state index contributed by atoms with van der Waals surface area (Å²) in [5.41, 5.74) is 14.6. The van der Waals surface area contributed by atoms with Crippen molar-refractivity contribution in [1.29, 1.82) is 0 Å². The molecule has 2 heterocycles. The molecule has 0 radical (unpaired) electrons. The zero-order chi connectivity index (χ0) is 37.1. The number of rotatable bonds is 5. The molecular weight excluding hydrogens is 699 g/mol. The van der Waals surface area contributed by atoms with Crippen LogP contribution in [-0.2, 0) is 5.41 Å². The van der Waals surface area contributed by atoms with Crippen LogP contribution in [0.15, 0.2) is 210 Å². The largest absolute Gasteiger partial charge is 0.208 e. The average molecular weight is 732 g/mol. The first-order chi connectivity index (χ1) is 27.8. The molecule has 11 rings (SSSR count). The molecule has 4 heteroatoms. The van der Waals surface area contributed by atoms with Crippen molar-refractivity contribution < 1.29 is 0 Å². The average Bonchev–Trinajstić information content (AvgIpc) is 3.57. The lowest BCUT2D eigenvalue weighted by Gasteiger charge is -2.40. The fourth-order valence-corrected chi connectivity index (χ4v) is 10.0. The van der Waals surface area contributed by atoms with Gasteiger partial charge < -0.3 is 0 Å². The van der Waals surface area contributed by atoms with Crippen LogP contribution in [0.5, 0.6) is 0 Å². The molecule has 262 valence electrons. The van der Waals surface area contributed by atoms with Crippen LogP contribution in [0.25, 0.3) is 67.5 Å². The second kappa shape index (κ2) is 13.2. The molecule has 0 fully saturated rings. The number of benzene rings is 8. The monoisotopic (exact) mass is 731 g/mol. The van der Waals surface area contributed by atoms with Crippen molar-refractivity contribution in [1.82, 2.24) is 15.0 Å². The highest BCUT2D eigenvalue weighted by Crippen LogP contribution is 2.63. The Kier molecular flexibility index (Phi) is 7.64. The van der Waals surface area contributed by atoms with E-state index in [2.05, 4.69) is 182 Å². The molecule has 0 bridgehead atoms. The summed E-state index contributed by atoms with van der Waals surface area (Å²) in [5.74, 6) is 1.93. The summed E-state index contributed by atoms with van der Waals surface area (Å²) in [6.07, 6.45) is 0. The predicted molar refractivity (Wildman–Crippen MR) is 228 cm³/mol. The molecule has 1 aliphatic carbocycles. The minimum atomic E-state index is -0.493. The summed E-state index contributed by atoms with van der Waals surface area (Å²) >= 11 is 1.82. The van der Waals surface area contributed by atoms with Gasteiger partial charge in [0.25, 0.3) is 0 Å². The molecule has 0 saturated carbocycles. The van der Waals surface area contributed by atoms with Crippen LogP contribution in [0.3, 0.4) is 0 Å². The normalized spacial score (nSPS) is 13.1. The lowest BCUT2D eigenvalue weighted by atomic mass is 9.67. The Bertz CT molecular complexity index is 2840. The van der Waals surface area contributed by atoms with Crippen molar-refractivity contribution in [2.75, 3.05) is 0 Å². The van der Waals surface area contributed by atoms with E-state index >= 15 is 0 Å². The Morgan fingerprint density at radius 3 is 1.34 bits per heavy atom. The molecule has 0 saturated heterocycles. The second-order valence-electron chi connectivity index (χ2n) is 14.3. The van der Waals surface area contributed by atoms with E-state index in [4.69, 9.17) is 15.0 Å². The summed E-state index contributed by atoms with van der Waals surface area (Å²) in [6, 6.07) is 71.4. The van der Waals surface area contributed by atoms with Crippen LogP contribution in [0.2, 0.25) is 0 Å². The van der Waals surface area contributed by atoms with Gasteiger partial charge >= 0.3 is 0 Å². The molecule has 0 atom stereocenters. The van der Waals surface area contributed by atoms with E-state index in [1.165, 1.54) is 38.3 Å². The van der Waals surface area contributed by atoms with Gasteiger partial charge in [-0.2, -0.15) is 0 Å². The van der Waals surface area contributed by atoms with Crippen LogP contribution in [0.4, 0.5) is 0 Å². The highest BCUT2D eigenvalue weighted by Gasteiger charge is 2.50. The van der Waals surface area contributed by atoms with E-state index in [9.17, 15) is 0 Å². The van der Waals surface area contributed by atoms with Crippen molar-refractivity contribution in [3.63, 3.8) is 0 Å². The molecule has 9 aromatic rings.